The van der Waals surface area contributed by atoms with Crippen molar-refractivity contribution in [3.05, 3.63) is 24.0 Å². The molecule has 0 aliphatic carbocycles. The monoisotopic (exact) mass is 197 g/mol. The average molecular weight is 197 g/mol. The smallest absolute Gasteiger partial charge is 0.166 e. The molecule has 0 fully saturated rings. The summed E-state index contributed by atoms with van der Waals surface area (Å²) in [6.07, 6.45) is 2.02. The molecule has 13 heavy (non-hydrogen) atoms. The van der Waals surface area contributed by atoms with E-state index in [0.717, 1.165) is 13.1 Å². The second kappa shape index (κ2) is 4.87. The zero-order chi connectivity index (χ0) is 9.68. The van der Waals surface area contributed by atoms with Gasteiger partial charge in [0.1, 0.15) is 0 Å². The third-order valence-corrected chi connectivity index (χ3v) is 2.11. The van der Waals surface area contributed by atoms with Crippen LogP contribution in [0, 0.1) is 0 Å². The maximum Gasteiger partial charge on any atom is 0.166 e. The number of nitrogens with one attached hydrogen (secondary N) is 2. The molecule has 0 saturated heterocycles. The Bertz CT molecular complexity index is 280. The molecule has 72 valence electrons. The Balaban J connectivity index is 2.35. The van der Waals surface area contributed by atoms with Crippen molar-refractivity contribution >= 4 is 17.3 Å². The summed E-state index contributed by atoms with van der Waals surface area (Å²) in [4.78, 5) is 0. The molecule has 1 rings (SSSR count). The Morgan fingerprint density at radius 2 is 2.31 bits per heavy atom. The Hall–Kier alpha value is -1.03. The van der Waals surface area contributed by atoms with Crippen molar-refractivity contribution in [3.8, 4) is 0 Å². The van der Waals surface area contributed by atoms with Crippen LogP contribution >= 0.6 is 12.2 Å². The molecule has 0 spiro atoms. The zero-order valence-electron chi connectivity index (χ0n) is 8.00. The minimum atomic E-state index is 0.712. The molecule has 0 saturated carbocycles. The quantitative estimate of drug-likeness (QED) is 0.709. The van der Waals surface area contributed by atoms with E-state index in [0.29, 0.717) is 5.11 Å². The van der Waals surface area contributed by atoms with Crippen molar-refractivity contribution in [2.75, 3.05) is 6.54 Å². The number of hydrogen-bond donors (Lipinski definition) is 2. The van der Waals surface area contributed by atoms with Crippen LogP contribution < -0.4 is 10.6 Å². The Morgan fingerprint density at radius 3 is 2.85 bits per heavy atom. The van der Waals surface area contributed by atoms with Crippen molar-refractivity contribution in [1.29, 1.82) is 0 Å². The summed E-state index contributed by atoms with van der Waals surface area (Å²) < 4.78 is 2.07. The number of nitrogens with zero attached hydrogens (tertiary/aromatic N) is 1. The van der Waals surface area contributed by atoms with E-state index in [4.69, 9.17) is 12.2 Å². The van der Waals surface area contributed by atoms with Crippen molar-refractivity contribution in [1.82, 2.24) is 15.2 Å². The Labute approximate surface area is 84.1 Å². The third kappa shape index (κ3) is 3.06. The van der Waals surface area contributed by atoms with E-state index in [-0.39, 0.29) is 0 Å². The lowest BCUT2D eigenvalue weighted by Crippen LogP contribution is -2.34. The first-order valence-electron chi connectivity index (χ1n) is 4.36. The van der Waals surface area contributed by atoms with Gasteiger partial charge in [0, 0.05) is 25.5 Å². The number of rotatable bonds is 3. The molecule has 0 aromatic carbocycles. The molecule has 0 aliphatic rings. The normalized spacial score (nSPS) is 9.69. The van der Waals surface area contributed by atoms with Crippen LogP contribution in [0.5, 0.6) is 0 Å². The van der Waals surface area contributed by atoms with Gasteiger partial charge < -0.3 is 15.2 Å². The summed E-state index contributed by atoms with van der Waals surface area (Å²) in [5.41, 5.74) is 1.22. The van der Waals surface area contributed by atoms with Crippen molar-refractivity contribution in [2.24, 2.45) is 7.05 Å². The van der Waals surface area contributed by atoms with E-state index in [9.17, 15) is 0 Å². The van der Waals surface area contributed by atoms with Crippen molar-refractivity contribution in [3.63, 3.8) is 0 Å². The van der Waals surface area contributed by atoms with Crippen LogP contribution in [0.1, 0.15) is 12.6 Å². The van der Waals surface area contributed by atoms with Crippen molar-refractivity contribution < 1.29 is 0 Å². The minimum Gasteiger partial charge on any atom is -0.363 e. The number of aryl methyl sites for hydroxylation is 1. The van der Waals surface area contributed by atoms with Crippen LogP contribution in [0.4, 0.5) is 0 Å². The highest BCUT2D eigenvalue weighted by Gasteiger charge is 1.97. The SMILES string of the molecule is CCNC(=S)NCc1cccn1C. The van der Waals surface area contributed by atoms with E-state index in [1.165, 1.54) is 5.69 Å². The van der Waals surface area contributed by atoms with E-state index in [1.54, 1.807) is 0 Å². The maximum absolute atomic E-state index is 5.04. The number of hydrogen-bond acceptors (Lipinski definition) is 1. The van der Waals surface area contributed by atoms with Gasteiger partial charge in [0.15, 0.2) is 5.11 Å². The predicted octanol–water partition coefficient (Wildman–Crippen LogP) is 1.01. The van der Waals surface area contributed by atoms with Gasteiger partial charge in [-0.3, -0.25) is 0 Å². The van der Waals surface area contributed by atoms with Gasteiger partial charge in [-0.25, -0.2) is 0 Å². The fraction of sp³-hybridized carbons (Fsp3) is 0.444. The minimum absolute atomic E-state index is 0.712. The molecule has 2 N–H and O–H groups in total. The summed E-state index contributed by atoms with van der Waals surface area (Å²) in [6, 6.07) is 4.09. The Kier molecular flexibility index (Phi) is 3.76. The largest absolute Gasteiger partial charge is 0.363 e. The Morgan fingerprint density at radius 1 is 1.54 bits per heavy atom. The fourth-order valence-corrected chi connectivity index (χ4v) is 1.29. The molecule has 0 atom stereocenters. The summed E-state index contributed by atoms with van der Waals surface area (Å²) in [7, 11) is 2.02. The van der Waals surface area contributed by atoms with Gasteiger partial charge in [-0.05, 0) is 31.3 Å². The van der Waals surface area contributed by atoms with Gasteiger partial charge in [-0.1, -0.05) is 0 Å². The van der Waals surface area contributed by atoms with Crippen LogP contribution in [-0.2, 0) is 13.6 Å². The molecule has 4 heteroatoms. The number of aromatic nitrogens is 1. The second-order valence-electron chi connectivity index (χ2n) is 2.82. The first-order chi connectivity index (χ1) is 6.24. The first kappa shape index (κ1) is 10.1. The molecule has 1 aromatic rings. The van der Waals surface area contributed by atoms with Gasteiger partial charge >= 0.3 is 0 Å². The molecule has 0 aliphatic heterocycles. The highest BCUT2D eigenvalue weighted by molar-refractivity contribution is 7.80. The molecule has 0 bridgehead atoms. The summed E-state index contributed by atoms with van der Waals surface area (Å²) in [6.45, 7) is 3.66. The van der Waals surface area contributed by atoms with E-state index in [1.807, 2.05) is 26.2 Å². The topological polar surface area (TPSA) is 29.0 Å². The van der Waals surface area contributed by atoms with E-state index < -0.39 is 0 Å². The number of thiocarbonyl (C=S) groups is 1. The molecule has 0 amide bonds. The van der Waals surface area contributed by atoms with Crippen LogP contribution in [-0.4, -0.2) is 16.2 Å². The van der Waals surface area contributed by atoms with E-state index in [2.05, 4.69) is 21.3 Å². The molecule has 1 aromatic heterocycles. The van der Waals surface area contributed by atoms with Gasteiger partial charge in [-0.2, -0.15) is 0 Å². The highest BCUT2D eigenvalue weighted by atomic mass is 32.1. The molecular formula is C9H15N3S. The fourth-order valence-electron chi connectivity index (χ4n) is 1.07. The van der Waals surface area contributed by atoms with Gasteiger partial charge in [0.2, 0.25) is 0 Å². The van der Waals surface area contributed by atoms with Crippen LogP contribution in [0.15, 0.2) is 18.3 Å². The maximum atomic E-state index is 5.04. The summed E-state index contributed by atoms with van der Waals surface area (Å²) >= 11 is 5.04. The van der Waals surface area contributed by atoms with Crippen LogP contribution in [0.3, 0.4) is 0 Å². The summed E-state index contributed by atoms with van der Waals surface area (Å²) in [5, 5.41) is 6.88. The molecular weight excluding hydrogens is 182 g/mol. The third-order valence-electron chi connectivity index (χ3n) is 1.82. The summed E-state index contributed by atoms with van der Waals surface area (Å²) in [5.74, 6) is 0. The zero-order valence-corrected chi connectivity index (χ0v) is 8.82. The second-order valence-corrected chi connectivity index (χ2v) is 3.23. The average Bonchev–Trinajstić information content (AvgIpc) is 2.48. The molecule has 1 heterocycles. The van der Waals surface area contributed by atoms with Gasteiger partial charge in [-0.15, -0.1) is 0 Å². The van der Waals surface area contributed by atoms with Crippen LogP contribution in [0.2, 0.25) is 0 Å². The highest BCUT2D eigenvalue weighted by Crippen LogP contribution is 1.97. The standard InChI is InChI=1S/C9H15N3S/c1-3-10-9(13)11-7-8-5-4-6-12(8)2/h4-6H,3,7H2,1-2H3,(H2,10,11,13). The lowest BCUT2D eigenvalue weighted by atomic mass is 10.4. The van der Waals surface area contributed by atoms with Gasteiger partial charge in [0.25, 0.3) is 0 Å². The van der Waals surface area contributed by atoms with Crippen LogP contribution in [0.25, 0.3) is 0 Å². The molecule has 0 radical (unpaired) electrons. The molecule has 3 nitrogen and oxygen atoms in total. The van der Waals surface area contributed by atoms with Gasteiger partial charge in [0.05, 0.1) is 6.54 Å². The molecule has 0 unspecified atom stereocenters. The van der Waals surface area contributed by atoms with E-state index >= 15 is 0 Å². The van der Waals surface area contributed by atoms with Crippen molar-refractivity contribution in [2.45, 2.75) is 13.5 Å². The lowest BCUT2D eigenvalue weighted by Gasteiger charge is -2.08. The lowest BCUT2D eigenvalue weighted by molar-refractivity contribution is 0.767. The predicted molar refractivity (Wildman–Crippen MR) is 58.5 cm³/mol. The first-order valence-corrected chi connectivity index (χ1v) is 4.76.